The maximum atomic E-state index is 5.93. The summed E-state index contributed by atoms with van der Waals surface area (Å²) < 4.78 is 5.29. The summed E-state index contributed by atoms with van der Waals surface area (Å²) in [6, 6.07) is 0.578. The number of nitrogens with one attached hydrogen (secondary N) is 1. The van der Waals surface area contributed by atoms with Gasteiger partial charge in [0.2, 0.25) is 0 Å². The highest BCUT2D eigenvalue weighted by Gasteiger charge is 2.21. The molecule has 1 saturated heterocycles. The largest absolute Gasteiger partial charge is 0.382 e. The number of ether oxygens (including phenoxy) is 1. The predicted octanol–water partition coefficient (Wildman–Crippen LogP) is 1.97. The summed E-state index contributed by atoms with van der Waals surface area (Å²) in [7, 11) is 0. The third-order valence-electron chi connectivity index (χ3n) is 4.00. The van der Waals surface area contributed by atoms with Gasteiger partial charge in [-0.05, 0) is 45.7 Å². The van der Waals surface area contributed by atoms with Crippen molar-refractivity contribution in [3.8, 4) is 0 Å². The third-order valence-corrected chi connectivity index (χ3v) is 4.00. The Kier molecular flexibility index (Phi) is 10.3. The Morgan fingerprint density at radius 1 is 1.33 bits per heavy atom. The van der Waals surface area contributed by atoms with Crippen molar-refractivity contribution < 1.29 is 4.74 Å². The summed E-state index contributed by atoms with van der Waals surface area (Å²) in [5.41, 5.74) is 5.93. The Bertz CT molecular complexity index is 283. The van der Waals surface area contributed by atoms with Crippen LogP contribution in [-0.2, 0) is 4.74 Å². The number of rotatable bonds is 10. The standard InChI is InChI=1S/C16H34N4O/c1-3-5-11-20-12-7-6-9-15(20)14-19-16(17)18-10-8-13-21-4-2/h15H,3-14H2,1-2H3,(H3,17,18,19). The molecule has 1 aliphatic heterocycles. The number of aliphatic imine (C=N–C) groups is 1. The van der Waals surface area contributed by atoms with Crippen LogP contribution in [0.15, 0.2) is 4.99 Å². The number of nitrogens with two attached hydrogens (primary N) is 1. The second-order valence-electron chi connectivity index (χ2n) is 5.74. The van der Waals surface area contributed by atoms with Crippen LogP contribution in [0.5, 0.6) is 0 Å². The molecule has 5 nitrogen and oxygen atoms in total. The molecule has 124 valence electrons. The number of guanidine groups is 1. The van der Waals surface area contributed by atoms with E-state index in [1.165, 1.54) is 45.2 Å². The Balaban J connectivity index is 2.24. The Morgan fingerprint density at radius 2 is 2.19 bits per heavy atom. The molecular formula is C16H34N4O. The number of likely N-dealkylation sites (tertiary alicyclic amines) is 1. The average molecular weight is 298 g/mol. The number of hydrogen-bond acceptors (Lipinski definition) is 3. The lowest BCUT2D eigenvalue weighted by molar-refractivity contribution is 0.145. The van der Waals surface area contributed by atoms with Crippen molar-refractivity contribution in [1.29, 1.82) is 0 Å². The number of nitrogens with zero attached hydrogens (tertiary/aromatic N) is 2. The van der Waals surface area contributed by atoms with Crippen molar-refractivity contribution in [2.75, 3.05) is 39.4 Å². The first-order chi connectivity index (χ1) is 10.3. The van der Waals surface area contributed by atoms with Gasteiger partial charge in [0.05, 0.1) is 6.54 Å². The van der Waals surface area contributed by atoms with Crippen LogP contribution < -0.4 is 11.1 Å². The van der Waals surface area contributed by atoms with Gasteiger partial charge in [-0.2, -0.15) is 0 Å². The van der Waals surface area contributed by atoms with Crippen molar-refractivity contribution in [1.82, 2.24) is 10.2 Å². The van der Waals surface area contributed by atoms with Crippen LogP contribution in [0.2, 0.25) is 0 Å². The normalized spacial score (nSPS) is 20.7. The first-order valence-electron chi connectivity index (χ1n) is 8.63. The molecule has 0 bridgehead atoms. The topological polar surface area (TPSA) is 62.9 Å². The molecule has 0 aromatic carbocycles. The highest BCUT2D eigenvalue weighted by molar-refractivity contribution is 5.77. The molecule has 1 rings (SSSR count). The molecular weight excluding hydrogens is 264 g/mol. The van der Waals surface area contributed by atoms with E-state index in [2.05, 4.69) is 22.1 Å². The second-order valence-corrected chi connectivity index (χ2v) is 5.74. The Labute approximate surface area is 130 Å². The van der Waals surface area contributed by atoms with Gasteiger partial charge in [-0.15, -0.1) is 0 Å². The highest BCUT2D eigenvalue weighted by Crippen LogP contribution is 2.17. The molecule has 1 atom stereocenters. The van der Waals surface area contributed by atoms with Crippen LogP contribution in [0.1, 0.15) is 52.4 Å². The number of hydrogen-bond donors (Lipinski definition) is 2. The number of piperidine rings is 1. The summed E-state index contributed by atoms with van der Waals surface area (Å²) in [6.07, 6.45) is 7.42. The van der Waals surface area contributed by atoms with E-state index in [1.807, 2.05) is 6.92 Å². The van der Waals surface area contributed by atoms with Gasteiger partial charge in [-0.3, -0.25) is 9.89 Å². The van der Waals surface area contributed by atoms with E-state index >= 15 is 0 Å². The SMILES string of the molecule is CCCCN1CCCCC1CN=C(N)NCCCOCC. The zero-order valence-corrected chi connectivity index (χ0v) is 13.9. The fourth-order valence-corrected chi connectivity index (χ4v) is 2.72. The zero-order valence-electron chi connectivity index (χ0n) is 13.9. The summed E-state index contributed by atoms with van der Waals surface area (Å²) >= 11 is 0. The predicted molar refractivity (Wildman–Crippen MR) is 89.7 cm³/mol. The van der Waals surface area contributed by atoms with Crippen molar-refractivity contribution in [3.05, 3.63) is 0 Å². The minimum Gasteiger partial charge on any atom is -0.382 e. The monoisotopic (exact) mass is 298 g/mol. The van der Waals surface area contributed by atoms with Gasteiger partial charge in [0, 0.05) is 25.8 Å². The van der Waals surface area contributed by atoms with E-state index in [9.17, 15) is 0 Å². The quantitative estimate of drug-likeness (QED) is 0.368. The van der Waals surface area contributed by atoms with Crippen LogP contribution in [0.25, 0.3) is 0 Å². The highest BCUT2D eigenvalue weighted by atomic mass is 16.5. The van der Waals surface area contributed by atoms with E-state index in [-0.39, 0.29) is 0 Å². The van der Waals surface area contributed by atoms with E-state index in [0.717, 1.165) is 32.7 Å². The minimum absolute atomic E-state index is 0.576. The fraction of sp³-hybridized carbons (Fsp3) is 0.938. The molecule has 0 aliphatic carbocycles. The first-order valence-corrected chi connectivity index (χ1v) is 8.63. The molecule has 0 aromatic heterocycles. The summed E-state index contributed by atoms with van der Waals surface area (Å²) in [5, 5.41) is 3.17. The molecule has 0 spiro atoms. The van der Waals surface area contributed by atoms with Crippen LogP contribution in [0, 0.1) is 0 Å². The van der Waals surface area contributed by atoms with Crippen LogP contribution in [0.4, 0.5) is 0 Å². The summed E-state index contributed by atoms with van der Waals surface area (Å²) in [4.78, 5) is 7.12. The fourth-order valence-electron chi connectivity index (χ4n) is 2.72. The van der Waals surface area contributed by atoms with Gasteiger partial charge in [-0.25, -0.2) is 0 Å². The second kappa shape index (κ2) is 11.8. The maximum Gasteiger partial charge on any atom is 0.188 e. The summed E-state index contributed by atoms with van der Waals surface area (Å²) in [5.74, 6) is 0.576. The van der Waals surface area contributed by atoms with Gasteiger partial charge in [-0.1, -0.05) is 19.8 Å². The van der Waals surface area contributed by atoms with Crippen molar-refractivity contribution in [2.45, 2.75) is 58.4 Å². The van der Waals surface area contributed by atoms with Gasteiger partial charge < -0.3 is 15.8 Å². The van der Waals surface area contributed by atoms with Crippen LogP contribution in [-0.4, -0.2) is 56.3 Å². The molecule has 1 fully saturated rings. The molecule has 1 unspecified atom stereocenters. The molecule has 0 radical (unpaired) electrons. The van der Waals surface area contributed by atoms with E-state index in [1.54, 1.807) is 0 Å². The van der Waals surface area contributed by atoms with Crippen LogP contribution in [0.3, 0.4) is 0 Å². The molecule has 3 N–H and O–H groups in total. The van der Waals surface area contributed by atoms with Gasteiger partial charge in [0.15, 0.2) is 5.96 Å². The molecule has 1 heterocycles. The Morgan fingerprint density at radius 3 is 2.95 bits per heavy atom. The van der Waals surface area contributed by atoms with Crippen molar-refractivity contribution in [3.63, 3.8) is 0 Å². The lowest BCUT2D eigenvalue weighted by atomic mass is 10.0. The lowest BCUT2D eigenvalue weighted by Crippen LogP contribution is -2.43. The average Bonchev–Trinajstić information content (AvgIpc) is 2.51. The van der Waals surface area contributed by atoms with Gasteiger partial charge in [0.25, 0.3) is 0 Å². The van der Waals surface area contributed by atoms with Gasteiger partial charge >= 0.3 is 0 Å². The zero-order chi connectivity index (χ0) is 15.3. The molecule has 0 saturated carbocycles. The third kappa shape index (κ3) is 8.27. The molecule has 0 aromatic rings. The minimum atomic E-state index is 0.576. The first kappa shape index (κ1) is 18.2. The van der Waals surface area contributed by atoms with E-state index in [0.29, 0.717) is 12.0 Å². The molecule has 1 aliphatic rings. The van der Waals surface area contributed by atoms with Crippen molar-refractivity contribution in [2.24, 2.45) is 10.7 Å². The van der Waals surface area contributed by atoms with Crippen molar-refractivity contribution >= 4 is 5.96 Å². The molecule has 21 heavy (non-hydrogen) atoms. The van der Waals surface area contributed by atoms with E-state index in [4.69, 9.17) is 10.5 Å². The van der Waals surface area contributed by atoms with Crippen LogP contribution >= 0.6 is 0 Å². The smallest absolute Gasteiger partial charge is 0.188 e. The molecule has 5 heteroatoms. The van der Waals surface area contributed by atoms with E-state index < -0.39 is 0 Å². The summed E-state index contributed by atoms with van der Waals surface area (Å²) in [6.45, 7) is 9.91. The number of unbranched alkanes of at least 4 members (excludes halogenated alkanes) is 1. The maximum absolute atomic E-state index is 5.93. The Hall–Kier alpha value is -0.810. The van der Waals surface area contributed by atoms with Gasteiger partial charge in [0.1, 0.15) is 0 Å². The molecule has 0 amide bonds. The lowest BCUT2D eigenvalue weighted by Gasteiger charge is -2.34.